The van der Waals surface area contributed by atoms with Crippen molar-refractivity contribution in [1.29, 1.82) is 0 Å². The number of anilines is 1. The van der Waals surface area contributed by atoms with Gasteiger partial charge in [0.05, 0.1) is 0 Å². The standard InChI is InChI=1S/C15H19N3/c1-9(2)14-7-11(4)17-15(18-14)12-6-5-10(3)13(16)8-12/h5-9H,16H2,1-4H3. The molecule has 1 aromatic carbocycles. The highest BCUT2D eigenvalue weighted by molar-refractivity contribution is 5.63. The van der Waals surface area contributed by atoms with Crippen LogP contribution in [0.3, 0.4) is 0 Å². The highest BCUT2D eigenvalue weighted by Crippen LogP contribution is 2.23. The average Bonchev–Trinajstić information content (AvgIpc) is 2.31. The highest BCUT2D eigenvalue weighted by Gasteiger charge is 2.08. The van der Waals surface area contributed by atoms with Gasteiger partial charge in [0.15, 0.2) is 5.82 Å². The van der Waals surface area contributed by atoms with Crippen molar-refractivity contribution in [2.45, 2.75) is 33.6 Å². The normalized spacial score (nSPS) is 10.9. The number of benzene rings is 1. The molecule has 2 aromatic rings. The molecule has 2 N–H and O–H groups in total. The number of aromatic nitrogens is 2. The van der Waals surface area contributed by atoms with Crippen molar-refractivity contribution in [3.63, 3.8) is 0 Å². The third kappa shape index (κ3) is 2.50. The van der Waals surface area contributed by atoms with Crippen LogP contribution in [-0.2, 0) is 0 Å². The Morgan fingerprint density at radius 1 is 1.06 bits per heavy atom. The fourth-order valence-electron chi connectivity index (χ4n) is 1.80. The molecule has 2 rings (SSSR count). The van der Waals surface area contributed by atoms with Crippen molar-refractivity contribution in [3.8, 4) is 11.4 Å². The summed E-state index contributed by atoms with van der Waals surface area (Å²) in [5, 5.41) is 0. The Labute approximate surface area is 108 Å². The molecule has 0 spiro atoms. The van der Waals surface area contributed by atoms with Gasteiger partial charge in [0, 0.05) is 22.6 Å². The predicted molar refractivity (Wildman–Crippen MR) is 75.4 cm³/mol. The van der Waals surface area contributed by atoms with Crippen LogP contribution in [0, 0.1) is 13.8 Å². The van der Waals surface area contributed by atoms with Crippen LogP contribution in [0.15, 0.2) is 24.3 Å². The molecule has 0 bridgehead atoms. The van der Waals surface area contributed by atoms with E-state index in [4.69, 9.17) is 5.73 Å². The summed E-state index contributed by atoms with van der Waals surface area (Å²) >= 11 is 0. The van der Waals surface area contributed by atoms with Crippen molar-refractivity contribution < 1.29 is 0 Å². The molecule has 0 saturated heterocycles. The van der Waals surface area contributed by atoms with Gasteiger partial charge in [-0.2, -0.15) is 0 Å². The number of hydrogen-bond donors (Lipinski definition) is 1. The first-order chi connectivity index (χ1) is 8.47. The summed E-state index contributed by atoms with van der Waals surface area (Å²) in [7, 11) is 0. The Bertz CT molecular complexity index is 574. The minimum absolute atomic E-state index is 0.397. The Morgan fingerprint density at radius 2 is 1.78 bits per heavy atom. The Morgan fingerprint density at radius 3 is 2.39 bits per heavy atom. The number of nitrogen functional groups attached to an aromatic ring is 1. The van der Waals surface area contributed by atoms with E-state index in [0.717, 1.165) is 34.0 Å². The minimum Gasteiger partial charge on any atom is -0.398 e. The molecule has 1 heterocycles. The lowest BCUT2D eigenvalue weighted by molar-refractivity contribution is 0.812. The smallest absolute Gasteiger partial charge is 0.159 e. The van der Waals surface area contributed by atoms with E-state index in [1.165, 1.54) is 0 Å². The van der Waals surface area contributed by atoms with E-state index in [9.17, 15) is 0 Å². The Hall–Kier alpha value is -1.90. The lowest BCUT2D eigenvalue weighted by Crippen LogP contribution is -2.00. The van der Waals surface area contributed by atoms with Crippen LogP contribution >= 0.6 is 0 Å². The lowest BCUT2D eigenvalue weighted by Gasteiger charge is -2.09. The second-order valence-electron chi connectivity index (χ2n) is 4.98. The second-order valence-corrected chi connectivity index (χ2v) is 4.98. The molecule has 0 unspecified atom stereocenters. The Kier molecular flexibility index (Phi) is 3.32. The number of aryl methyl sites for hydroxylation is 2. The maximum atomic E-state index is 5.94. The molecule has 0 atom stereocenters. The Balaban J connectivity index is 2.53. The maximum absolute atomic E-state index is 5.94. The lowest BCUT2D eigenvalue weighted by atomic mass is 10.1. The first-order valence-corrected chi connectivity index (χ1v) is 6.19. The fraction of sp³-hybridized carbons (Fsp3) is 0.333. The van der Waals surface area contributed by atoms with Crippen LogP contribution in [0.2, 0.25) is 0 Å². The molecular formula is C15H19N3. The fourth-order valence-corrected chi connectivity index (χ4v) is 1.80. The van der Waals surface area contributed by atoms with E-state index in [1.54, 1.807) is 0 Å². The zero-order valence-corrected chi connectivity index (χ0v) is 11.4. The number of nitrogens with zero attached hydrogens (tertiary/aromatic N) is 2. The molecule has 0 aliphatic heterocycles. The van der Waals surface area contributed by atoms with Crippen molar-refractivity contribution >= 4 is 5.69 Å². The van der Waals surface area contributed by atoms with Crippen LogP contribution < -0.4 is 5.73 Å². The molecule has 0 amide bonds. The third-order valence-electron chi connectivity index (χ3n) is 3.00. The van der Waals surface area contributed by atoms with Crippen LogP contribution in [0.25, 0.3) is 11.4 Å². The predicted octanol–water partition coefficient (Wildman–Crippen LogP) is 3.47. The summed E-state index contributed by atoms with van der Waals surface area (Å²) in [6, 6.07) is 8.00. The van der Waals surface area contributed by atoms with E-state index >= 15 is 0 Å². The van der Waals surface area contributed by atoms with E-state index in [-0.39, 0.29) is 0 Å². The molecule has 0 radical (unpaired) electrons. The van der Waals surface area contributed by atoms with Gasteiger partial charge in [-0.3, -0.25) is 0 Å². The van der Waals surface area contributed by atoms with E-state index in [2.05, 4.69) is 23.8 Å². The summed E-state index contributed by atoms with van der Waals surface area (Å²) in [5.74, 6) is 1.15. The van der Waals surface area contributed by atoms with Crippen LogP contribution in [0.4, 0.5) is 5.69 Å². The molecule has 3 heteroatoms. The molecule has 0 aliphatic rings. The SMILES string of the molecule is Cc1cc(C(C)C)nc(-c2ccc(C)c(N)c2)n1. The van der Waals surface area contributed by atoms with Gasteiger partial charge < -0.3 is 5.73 Å². The van der Waals surface area contributed by atoms with E-state index in [0.29, 0.717) is 5.92 Å². The summed E-state index contributed by atoms with van der Waals surface area (Å²) in [4.78, 5) is 9.10. The van der Waals surface area contributed by atoms with Gasteiger partial charge in [0.25, 0.3) is 0 Å². The first-order valence-electron chi connectivity index (χ1n) is 6.19. The first kappa shape index (κ1) is 12.6. The van der Waals surface area contributed by atoms with Gasteiger partial charge in [-0.25, -0.2) is 9.97 Å². The van der Waals surface area contributed by atoms with Crippen molar-refractivity contribution in [3.05, 3.63) is 41.2 Å². The van der Waals surface area contributed by atoms with E-state index < -0.39 is 0 Å². The van der Waals surface area contributed by atoms with Gasteiger partial charge in [0.1, 0.15) is 0 Å². The van der Waals surface area contributed by atoms with Gasteiger partial charge >= 0.3 is 0 Å². The summed E-state index contributed by atoms with van der Waals surface area (Å²) < 4.78 is 0. The summed E-state index contributed by atoms with van der Waals surface area (Å²) in [6.07, 6.45) is 0. The van der Waals surface area contributed by atoms with Crippen LogP contribution in [0.1, 0.15) is 36.7 Å². The third-order valence-corrected chi connectivity index (χ3v) is 3.00. The maximum Gasteiger partial charge on any atom is 0.159 e. The number of hydrogen-bond acceptors (Lipinski definition) is 3. The van der Waals surface area contributed by atoms with Gasteiger partial charge in [-0.1, -0.05) is 26.0 Å². The zero-order valence-electron chi connectivity index (χ0n) is 11.4. The summed E-state index contributed by atoms with van der Waals surface area (Å²) in [5.41, 5.74) is 10.8. The molecule has 94 valence electrons. The zero-order chi connectivity index (χ0) is 13.3. The number of rotatable bonds is 2. The molecule has 18 heavy (non-hydrogen) atoms. The van der Waals surface area contributed by atoms with E-state index in [1.807, 2.05) is 38.1 Å². The largest absolute Gasteiger partial charge is 0.398 e. The molecule has 3 nitrogen and oxygen atoms in total. The van der Waals surface area contributed by atoms with Crippen molar-refractivity contribution in [1.82, 2.24) is 9.97 Å². The molecule has 0 fully saturated rings. The summed E-state index contributed by atoms with van der Waals surface area (Å²) in [6.45, 7) is 8.26. The van der Waals surface area contributed by atoms with Crippen LogP contribution in [0.5, 0.6) is 0 Å². The van der Waals surface area contributed by atoms with Gasteiger partial charge in [0.2, 0.25) is 0 Å². The molecule has 1 aromatic heterocycles. The van der Waals surface area contributed by atoms with Gasteiger partial charge in [-0.15, -0.1) is 0 Å². The quantitative estimate of drug-likeness (QED) is 0.819. The molecule has 0 aliphatic carbocycles. The average molecular weight is 241 g/mol. The number of nitrogens with two attached hydrogens (primary N) is 1. The minimum atomic E-state index is 0.397. The molecular weight excluding hydrogens is 222 g/mol. The van der Waals surface area contributed by atoms with Crippen molar-refractivity contribution in [2.75, 3.05) is 5.73 Å². The highest BCUT2D eigenvalue weighted by atomic mass is 14.9. The second kappa shape index (κ2) is 4.77. The van der Waals surface area contributed by atoms with Crippen molar-refractivity contribution in [2.24, 2.45) is 0 Å². The topological polar surface area (TPSA) is 51.8 Å². The van der Waals surface area contributed by atoms with Gasteiger partial charge in [-0.05, 0) is 37.5 Å². The van der Waals surface area contributed by atoms with Crippen LogP contribution in [-0.4, -0.2) is 9.97 Å². The monoisotopic (exact) mass is 241 g/mol. The molecule has 0 saturated carbocycles.